The molecule has 1 fully saturated rings. The van der Waals surface area contributed by atoms with E-state index in [9.17, 15) is 5.21 Å². The van der Waals surface area contributed by atoms with Crippen LogP contribution in [0.1, 0.15) is 53.4 Å². The van der Waals surface area contributed by atoms with Gasteiger partial charge in [-0.05, 0) is 46.1 Å². The smallest absolute Gasteiger partial charge is 0.0660 e. The van der Waals surface area contributed by atoms with Crippen LogP contribution in [0.15, 0.2) is 18.3 Å². The standard InChI is InChI=1S/C18H25N3OS4/c1-17(2)11-13(12-18(3,4)21(17)22)14-25-15(23-9-5-7-19)16(26-14)24-10-6-8-20/h22H,5-6,9-12H2,1-4H3. The first-order chi connectivity index (χ1) is 12.2. The van der Waals surface area contributed by atoms with Crippen molar-refractivity contribution in [3.8, 4) is 12.1 Å². The molecule has 2 aliphatic rings. The maximum absolute atomic E-state index is 10.5. The van der Waals surface area contributed by atoms with Gasteiger partial charge in [0.05, 0.1) is 24.8 Å². The van der Waals surface area contributed by atoms with Crippen LogP contribution in [0.2, 0.25) is 0 Å². The minimum absolute atomic E-state index is 0.296. The number of hydrogen-bond donors (Lipinski definition) is 1. The second-order valence-corrected chi connectivity index (χ2v) is 12.5. The summed E-state index contributed by atoms with van der Waals surface area (Å²) in [6.45, 7) is 8.32. The van der Waals surface area contributed by atoms with Gasteiger partial charge in [-0.2, -0.15) is 15.6 Å². The highest BCUT2D eigenvalue weighted by molar-refractivity contribution is 8.40. The number of hydrogen-bond acceptors (Lipinski definition) is 8. The summed E-state index contributed by atoms with van der Waals surface area (Å²) >= 11 is 7.11. The highest BCUT2D eigenvalue weighted by Gasteiger charge is 2.44. The number of hydroxylamine groups is 2. The minimum atomic E-state index is -0.296. The Bertz CT molecular complexity index is 632. The van der Waals surface area contributed by atoms with Gasteiger partial charge in [-0.3, -0.25) is 0 Å². The van der Waals surface area contributed by atoms with Crippen molar-refractivity contribution in [2.24, 2.45) is 0 Å². The summed E-state index contributed by atoms with van der Waals surface area (Å²) < 4.78 is 3.84. The second kappa shape index (κ2) is 9.32. The maximum Gasteiger partial charge on any atom is 0.0660 e. The Balaban J connectivity index is 2.20. The van der Waals surface area contributed by atoms with Gasteiger partial charge in [-0.25, -0.2) is 0 Å². The Hall–Kier alpha value is -0.220. The van der Waals surface area contributed by atoms with E-state index in [0.29, 0.717) is 12.8 Å². The fourth-order valence-electron chi connectivity index (χ4n) is 3.19. The summed E-state index contributed by atoms with van der Waals surface area (Å²) in [5.74, 6) is 1.59. The summed E-state index contributed by atoms with van der Waals surface area (Å²) in [7, 11) is 0. The van der Waals surface area contributed by atoms with Gasteiger partial charge in [-0.1, -0.05) is 23.5 Å². The van der Waals surface area contributed by atoms with Crippen LogP contribution in [0.25, 0.3) is 0 Å². The van der Waals surface area contributed by atoms with Crippen LogP contribution in [0.3, 0.4) is 0 Å². The third-order valence-electron chi connectivity index (χ3n) is 4.16. The van der Waals surface area contributed by atoms with Crippen LogP contribution in [0, 0.1) is 22.7 Å². The van der Waals surface area contributed by atoms with Crippen LogP contribution < -0.4 is 0 Å². The Morgan fingerprint density at radius 3 is 1.77 bits per heavy atom. The molecule has 0 aromatic rings. The van der Waals surface area contributed by atoms with Gasteiger partial charge < -0.3 is 5.21 Å². The maximum atomic E-state index is 10.5. The lowest BCUT2D eigenvalue weighted by Gasteiger charge is -2.49. The third-order valence-corrected chi connectivity index (χ3v) is 9.86. The van der Waals surface area contributed by atoms with Crippen molar-refractivity contribution >= 4 is 47.0 Å². The molecule has 4 nitrogen and oxygen atoms in total. The van der Waals surface area contributed by atoms with E-state index in [1.165, 1.54) is 23.3 Å². The summed E-state index contributed by atoms with van der Waals surface area (Å²) in [4.78, 5) is 0. The van der Waals surface area contributed by atoms with Gasteiger partial charge in [0.15, 0.2) is 0 Å². The van der Waals surface area contributed by atoms with Gasteiger partial charge in [-0.15, -0.1) is 23.5 Å². The largest absolute Gasteiger partial charge is 0.313 e. The molecule has 2 heterocycles. The monoisotopic (exact) mass is 427 g/mol. The number of rotatable bonds is 6. The van der Waals surface area contributed by atoms with E-state index in [1.807, 2.05) is 23.5 Å². The molecule has 0 aliphatic carbocycles. The lowest BCUT2D eigenvalue weighted by Crippen LogP contribution is -2.57. The predicted octanol–water partition coefficient (Wildman–Crippen LogP) is 6.14. The van der Waals surface area contributed by atoms with E-state index in [4.69, 9.17) is 10.5 Å². The SMILES string of the molecule is CC1(C)CC(=C2SC(SCCC#N)=C(SCCC#N)S2)CC(C)(C)N1O. The quantitative estimate of drug-likeness (QED) is 0.507. The Kier molecular flexibility index (Phi) is 7.91. The molecule has 0 aromatic carbocycles. The van der Waals surface area contributed by atoms with Gasteiger partial charge >= 0.3 is 0 Å². The summed E-state index contributed by atoms with van der Waals surface area (Å²) in [5.41, 5.74) is 0.807. The Morgan fingerprint density at radius 2 is 1.38 bits per heavy atom. The van der Waals surface area contributed by atoms with Crippen molar-refractivity contribution in [1.82, 2.24) is 5.06 Å². The molecule has 0 spiro atoms. The molecular formula is C18H25N3OS4. The zero-order chi connectivity index (χ0) is 19.4. The zero-order valence-corrected chi connectivity index (χ0v) is 18.9. The predicted molar refractivity (Wildman–Crippen MR) is 116 cm³/mol. The van der Waals surface area contributed by atoms with Gasteiger partial charge in [0.25, 0.3) is 0 Å². The first-order valence-corrected chi connectivity index (χ1v) is 12.1. The van der Waals surface area contributed by atoms with Crippen molar-refractivity contribution < 1.29 is 5.21 Å². The first kappa shape index (κ1) is 22.1. The molecule has 1 saturated heterocycles. The molecule has 8 heteroatoms. The van der Waals surface area contributed by atoms with Crippen LogP contribution in [0.4, 0.5) is 0 Å². The summed E-state index contributed by atoms with van der Waals surface area (Å²) in [6, 6.07) is 4.41. The van der Waals surface area contributed by atoms with Crippen LogP contribution in [0.5, 0.6) is 0 Å². The molecule has 0 amide bonds. The first-order valence-electron chi connectivity index (χ1n) is 8.52. The normalized spacial score (nSPS) is 22.4. The number of thioether (sulfide) groups is 4. The number of nitrogens with zero attached hydrogens (tertiary/aromatic N) is 3. The highest BCUT2D eigenvalue weighted by atomic mass is 32.3. The minimum Gasteiger partial charge on any atom is -0.313 e. The topological polar surface area (TPSA) is 71.0 Å². The van der Waals surface area contributed by atoms with Crippen molar-refractivity contribution in [3.63, 3.8) is 0 Å². The van der Waals surface area contributed by atoms with Gasteiger partial charge in [0.2, 0.25) is 0 Å². The van der Waals surface area contributed by atoms with Crippen LogP contribution in [-0.4, -0.2) is 32.9 Å². The molecule has 2 rings (SSSR count). The van der Waals surface area contributed by atoms with E-state index in [0.717, 1.165) is 24.3 Å². The van der Waals surface area contributed by atoms with Gasteiger partial charge in [0.1, 0.15) is 0 Å². The fourth-order valence-corrected chi connectivity index (χ4v) is 8.93. The van der Waals surface area contributed by atoms with Crippen molar-refractivity contribution in [2.75, 3.05) is 11.5 Å². The van der Waals surface area contributed by atoms with E-state index in [2.05, 4.69) is 39.8 Å². The average molecular weight is 428 g/mol. The summed E-state index contributed by atoms with van der Waals surface area (Å²) in [6.07, 6.45) is 2.77. The lowest BCUT2D eigenvalue weighted by molar-refractivity contribution is -0.232. The molecule has 0 saturated carbocycles. The zero-order valence-electron chi connectivity index (χ0n) is 15.7. The third kappa shape index (κ3) is 5.41. The van der Waals surface area contributed by atoms with Crippen LogP contribution in [-0.2, 0) is 0 Å². The molecule has 0 unspecified atom stereocenters. The number of piperidine rings is 1. The van der Waals surface area contributed by atoms with Crippen molar-refractivity contribution in [3.05, 3.63) is 18.3 Å². The molecule has 1 N–H and O–H groups in total. The lowest BCUT2D eigenvalue weighted by atomic mass is 9.79. The van der Waals surface area contributed by atoms with E-state index < -0.39 is 0 Å². The van der Waals surface area contributed by atoms with Crippen molar-refractivity contribution in [2.45, 2.75) is 64.5 Å². The summed E-state index contributed by atoms with van der Waals surface area (Å²) in [5, 5.41) is 29.7. The fraction of sp³-hybridized carbons (Fsp3) is 0.667. The molecule has 0 bridgehead atoms. The molecule has 0 atom stereocenters. The van der Waals surface area contributed by atoms with Crippen molar-refractivity contribution in [1.29, 1.82) is 10.5 Å². The van der Waals surface area contributed by atoms with E-state index in [1.54, 1.807) is 23.5 Å². The molecular weight excluding hydrogens is 402 g/mol. The van der Waals surface area contributed by atoms with E-state index >= 15 is 0 Å². The van der Waals surface area contributed by atoms with E-state index in [-0.39, 0.29) is 11.1 Å². The second-order valence-electron chi connectivity index (χ2n) is 7.47. The van der Waals surface area contributed by atoms with Crippen LogP contribution >= 0.6 is 47.0 Å². The Morgan fingerprint density at radius 1 is 0.962 bits per heavy atom. The Labute approximate surface area is 173 Å². The average Bonchev–Trinajstić information content (AvgIpc) is 2.96. The molecule has 0 radical (unpaired) electrons. The number of nitriles is 2. The molecule has 0 aromatic heterocycles. The molecule has 2 aliphatic heterocycles. The van der Waals surface area contributed by atoms with Gasteiger partial charge in [0, 0.05) is 35.4 Å². The molecule has 142 valence electrons. The molecule has 26 heavy (non-hydrogen) atoms. The highest BCUT2D eigenvalue weighted by Crippen LogP contribution is 2.60.